The molecule has 3 N–H and O–H groups in total. The highest BCUT2D eigenvalue weighted by Crippen LogP contribution is 2.34. The first kappa shape index (κ1) is 14.9. The van der Waals surface area contributed by atoms with Crippen molar-refractivity contribution in [3.8, 4) is 0 Å². The van der Waals surface area contributed by atoms with Crippen LogP contribution in [0.3, 0.4) is 0 Å². The van der Waals surface area contributed by atoms with Crippen molar-refractivity contribution in [1.29, 1.82) is 0 Å². The van der Waals surface area contributed by atoms with Crippen LogP contribution >= 0.6 is 23.4 Å². The maximum Gasteiger partial charge on any atom is 0.235 e. The van der Waals surface area contributed by atoms with Gasteiger partial charge in [-0.15, -0.1) is 0 Å². The summed E-state index contributed by atoms with van der Waals surface area (Å²) in [4.78, 5) is 19.2. The van der Waals surface area contributed by atoms with Crippen molar-refractivity contribution in [2.45, 2.75) is 10.4 Å². The molecule has 0 radical (unpaired) electrons. The smallest absolute Gasteiger partial charge is 0.235 e. The molecule has 0 unspecified atom stereocenters. The van der Waals surface area contributed by atoms with E-state index in [1.54, 1.807) is 18.2 Å². The zero-order chi connectivity index (χ0) is 15.7. The zero-order valence-electron chi connectivity index (χ0n) is 11.2. The number of nitrogens with two attached hydrogens (primary N) is 1. The Morgan fingerprint density at radius 2 is 2.00 bits per heavy atom. The second-order valence-corrected chi connectivity index (χ2v) is 6.19. The summed E-state index contributed by atoms with van der Waals surface area (Å²) < 4.78 is 13.0. The molecule has 1 aromatic heterocycles. The lowest BCUT2D eigenvalue weighted by atomic mass is 10.1. The molecular formula is C15H11ClFN3OS. The van der Waals surface area contributed by atoms with Crippen molar-refractivity contribution in [3.05, 3.63) is 58.9 Å². The molecule has 22 heavy (non-hydrogen) atoms. The number of halogens is 2. The van der Waals surface area contributed by atoms with Crippen LogP contribution in [0.25, 0.3) is 11.0 Å². The van der Waals surface area contributed by atoms with Crippen LogP contribution in [0, 0.1) is 5.82 Å². The number of fused-ring (bicyclic) bond motifs is 1. The number of imidazole rings is 1. The molecule has 112 valence electrons. The first-order valence-electron chi connectivity index (χ1n) is 6.39. The molecular weight excluding hydrogens is 325 g/mol. The number of thioether (sulfide) groups is 1. The van der Waals surface area contributed by atoms with Crippen LogP contribution in [0.15, 0.2) is 47.6 Å². The molecule has 3 rings (SSSR count). The van der Waals surface area contributed by atoms with Crippen LogP contribution in [-0.2, 0) is 4.79 Å². The molecule has 7 heteroatoms. The van der Waals surface area contributed by atoms with Gasteiger partial charge in [-0.3, -0.25) is 4.79 Å². The number of carbonyl (C=O) groups excluding carboxylic acids is 1. The summed E-state index contributed by atoms with van der Waals surface area (Å²) >= 11 is 7.11. The number of amides is 1. The van der Waals surface area contributed by atoms with Gasteiger partial charge in [-0.2, -0.15) is 0 Å². The minimum absolute atomic E-state index is 0.365. The lowest BCUT2D eigenvalue weighted by Crippen LogP contribution is -2.19. The van der Waals surface area contributed by atoms with Crippen molar-refractivity contribution in [2.24, 2.45) is 5.73 Å². The highest BCUT2D eigenvalue weighted by molar-refractivity contribution is 8.00. The molecule has 1 amide bonds. The quantitative estimate of drug-likeness (QED) is 0.714. The largest absolute Gasteiger partial charge is 0.368 e. The number of carbonyl (C=O) groups is 1. The maximum absolute atomic E-state index is 13.0. The highest BCUT2D eigenvalue weighted by atomic mass is 35.5. The molecule has 0 aliphatic heterocycles. The lowest BCUT2D eigenvalue weighted by Gasteiger charge is -2.11. The Morgan fingerprint density at radius 3 is 2.68 bits per heavy atom. The molecule has 1 atom stereocenters. The van der Waals surface area contributed by atoms with E-state index < -0.39 is 11.2 Å². The number of aromatic amines is 1. The van der Waals surface area contributed by atoms with Crippen molar-refractivity contribution >= 4 is 40.3 Å². The van der Waals surface area contributed by atoms with Crippen LogP contribution in [-0.4, -0.2) is 15.9 Å². The maximum atomic E-state index is 13.0. The number of hydrogen-bond acceptors (Lipinski definition) is 3. The van der Waals surface area contributed by atoms with E-state index in [1.807, 2.05) is 0 Å². The molecule has 4 nitrogen and oxygen atoms in total. The van der Waals surface area contributed by atoms with E-state index in [4.69, 9.17) is 17.3 Å². The van der Waals surface area contributed by atoms with Crippen molar-refractivity contribution in [2.75, 3.05) is 0 Å². The van der Waals surface area contributed by atoms with E-state index in [2.05, 4.69) is 9.97 Å². The highest BCUT2D eigenvalue weighted by Gasteiger charge is 2.21. The summed E-state index contributed by atoms with van der Waals surface area (Å²) in [5, 5.41) is 0.486. The van der Waals surface area contributed by atoms with Gasteiger partial charge in [0.2, 0.25) is 5.91 Å². The van der Waals surface area contributed by atoms with E-state index >= 15 is 0 Å². The fourth-order valence-electron chi connectivity index (χ4n) is 2.05. The van der Waals surface area contributed by atoms with E-state index in [1.165, 1.54) is 36.0 Å². The third kappa shape index (κ3) is 3.08. The normalized spacial score (nSPS) is 12.5. The molecule has 2 aromatic carbocycles. The number of nitrogens with one attached hydrogen (secondary N) is 1. The van der Waals surface area contributed by atoms with Gasteiger partial charge in [-0.05, 0) is 35.9 Å². The van der Waals surface area contributed by atoms with Gasteiger partial charge in [-0.1, -0.05) is 35.5 Å². The summed E-state index contributed by atoms with van der Waals surface area (Å²) in [5.41, 5.74) is 7.60. The molecule has 0 bridgehead atoms. The molecule has 1 heterocycles. The van der Waals surface area contributed by atoms with Crippen LogP contribution in [0.1, 0.15) is 10.8 Å². The predicted molar refractivity (Wildman–Crippen MR) is 85.3 cm³/mol. The third-order valence-corrected chi connectivity index (χ3v) is 4.47. The Balaban J connectivity index is 1.92. The molecule has 0 aliphatic rings. The molecule has 0 aliphatic carbocycles. The third-order valence-electron chi connectivity index (χ3n) is 3.08. The number of rotatable bonds is 4. The zero-order valence-corrected chi connectivity index (χ0v) is 12.8. The van der Waals surface area contributed by atoms with Gasteiger partial charge in [0.15, 0.2) is 5.16 Å². The summed E-state index contributed by atoms with van der Waals surface area (Å²) in [7, 11) is 0. The summed E-state index contributed by atoms with van der Waals surface area (Å²) in [6.07, 6.45) is 0. The number of H-pyrrole nitrogens is 1. The minimum Gasteiger partial charge on any atom is -0.368 e. The Labute approximate surface area is 134 Å². The fourth-order valence-corrected chi connectivity index (χ4v) is 3.18. The molecule has 0 saturated heterocycles. The monoisotopic (exact) mass is 335 g/mol. The average molecular weight is 336 g/mol. The van der Waals surface area contributed by atoms with Crippen molar-refractivity contribution in [3.63, 3.8) is 0 Å². The average Bonchev–Trinajstić information content (AvgIpc) is 2.87. The Morgan fingerprint density at radius 1 is 1.27 bits per heavy atom. The number of hydrogen-bond donors (Lipinski definition) is 2. The summed E-state index contributed by atoms with van der Waals surface area (Å²) in [6.45, 7) is 0. The number of benzene rings is 2. The standard InChI is InChI=1S/C15H11ClFN3OS/c16-9-3-6-11-12(7-9)20-15(19-11)22-13(14(18)21)8-1-4-10(17)5-2-8/h1-7,13H,(H2,18,21)(H,19,20)/t13-/m1/s1. The van der Waals surface area contributed by atoms with Gasteiger partial charge in [0, 0.05) is 5.02 Å². The van der Waals surface area contributed by atoms with Gasteiger partial charge >= 0.3 is 0 Å². The minimum atomic E-state index is -0.656. The number of aromatic nitrogens is 2. The second kappa shape index (κ2) is 5.98. The van der Waals surface area contributed by atoms with Gasteiger partial charge < -0.3 is 10.7 Å². The van der Waals surface area contributed by atoms with E-state index in [-0.39, 0.29) is 5.82 Å². The van der Waals surface area contributed by atoms with E-state index in [0.717, 1.165) is 11.0 Å². The van der Waals surface area contributed by atoms with Crippen LogP contribution in [0.2, 0.25) is 5.02 Å². The van der Waals surface area contributed by atoms with Gasteiger partial charge in [-0.25, -0.2) is 9.37 Å². The predicted octanol–water partition coefficient (Wildman–Crippen LogP) is 3.67. The van der Waals surface area contributed by atoms with Gasteiger partial charge in [0.05, 0.1) is 11.0 Å². The summed E-state index contributed by atoms with van der Waals surface area (Å²) in [5.74, 6) is -0.884. The Hall–Kier alpha value is -2.05. The fraction of sp³-hybridized carbons (Fsp3) is 0.0667. The van der Waals surface area contributed by atoms with Crippen molar-refractivity contribution in [1.82, 2.24) is 9.97 Å². The van der Waals surface area contributed by atoms with Crippen LogP contribution in [0.4, 0.5) is 4.39 Å². The van der Waals surface area contributed by atoms with Gasteiger partial charge in [0.1, 0.15) is 11.1 Å². The first-order valence-corrected chi connectivity index (χ1v) is 7.65. The number of nitrogens with zero attached hydrogens (tertiary/aromatic N) is 1. The Bertz CT molecular complexity index is 834. The second-order valence-electron chi connectivity index (χ2n) is 4.66. The van der Waals surface area contributed by atoms with Gasteiger partial charge in [0.25, 0.3) is 0 Å². The lowest BCUT2D eigenvalue weighted by molar-refractivity contribution is -0.117. The van der Waals surface area contributed by atoms with Crippen LogP contribution < -0.4 is 5.73 Å². The number of primary amides is 1. The van der Waals surface area contributed by atoms with E-state index in [0.29, 0.717) is 15.7 Å². The topological polar surface area (TPSA) is 71.8 Å². The molecule has 0 spiro atoms. The first-order chi connectivity index (χ1) is 10.5. The Kier molecular flexibility index (Phi) is 4.04. The molecule has 3 aromatic rings. The van der Waals surface area contributed by atoms with Crippen LogP contribution in [0.5, 0.6) is 0 Å². The van der Waals surface area contributed by atoms with E-state index in [9.17, 15) is 9.18 Å². The summed E-state index contributed by atoms with van der Waals surface area (Å²) in [6, 6.07) is 11.0. The van der Waals surface area contributed by atoms with Crippen molar-refractivity contribution < 1.29 is 9.18 Å². The molecule has 0 saturated carbocycles. The molecule has 0 fully saturated rings. The SMILES string of the molecule is NC(=O)[C@H](Sc1nc2ccc(Cl)cc2[nH]1)c1ccc(F)cc1.